The zero-order valence-corrected chi connectivity index (χ0v) is 10.2. The first-order chi connectivity index (χ1) is 7.16. The van der Waals surface area contributed by atoms with Crippen LogP contribution in [-0.4, -0.2) is 18.5 Å². The molecule has 4 nitrogen and oxygen atoms in total. The van der Waals surface area contributed by atoms with Gasteiger partial charge in [0.2, 0.25) is 0 Å². The fraction of sp³-hybridized carbons (Fsp3) is 0.500. The van der Waals surface area contributed by atoms with Gasteiger partial charge in [0.25, 0.3) is 5.91 Å². The normalized spacial score (nSPS) is 16.4. The summed E-state index contributed by atoms with van der Waals surface area (Å²) in [4.78, 5) is 11.5. The van der Waals surface area contributed by atoms with Gasteiger partial charge in [-0.1, -0.05) is 0 Å². The maximum absolute atomic E-state index is 11.5. The van der Waals surface area contributed by atoms with E-state index in [0.29, 0.717) is 12.5 Å². The predicted molar refractivity (Wildman–Crippen MR) is 64.0 cm³/mol. The van der Waals surface area contributed by atoms with Crippen molar-refractivity contribution in [1.29, 1.82) is 0 Å². The van der Waals surface area contributed by atoms with Gasteiger partial charge in [-0.2, -0.15) is 0 Å². The van der Waals surface area contributed by atoms with E-state index in [1.807, 2.05) is 0 Å². The summed E-state index contributed by atoms with van der Waals surface area (Å²) in [5.41, 5.74) is 5.84. The summed E-state index contributed by atoms with van der Waals surface area (Å²) in [7, 11) is 0. The zero-order valence-electron chi connectivity index (χ0n) is 8.61. The SMILES string of the molecule is Cl.NC(CNC(=O)c1ccc(Cl)o1)C1CC1. The lowest BCUT2D eigenvalue weighted by molar-refractivity contribution is 0.0922. The van der Waals surface area contributed by atoms with Crippen molar-refractivity contribution in [1.82, 2.24) is 5.32 Å². The molecule has 1 atom stereocenters. The first kappa shape index (κ1) is 13.4. The minimum absolute atomic E-state index is 0. The number of furan rings is 1. The van der Waals surface area contributed by atoms with Crippen molar-refractivity contribution < 1.29 is 9.21 Å². The van der Waals surface area contributed by atoms with Crippen LogP contribution in [0.2, 0.25) is 5.22 Å². The van der Waals surface area contributed by atoms with E-state index >= 15 is 0 Å². The van der Waals surface area contributed by atoms with Crippen molar-refractivity contribution in [3.8, 4) is 0 Å². The molecule has 1 fully saturated rings. The van der Waals surface area contributed by atoms with Crippen molar-refractivity contribution >= 4 is 29.9 Å². The highest BCUT2D eigenvalue weighted by Crippen LogP contribution is 2.31. The van der Waals surface area contributed by atoms with Crippen LogP contribution in [0, 0.1) is 5.92 Å². The Balaban J connectivity index is 0.00000128. The smallest absolute Gasteiger partial charge is 0.287 e. The molecular weight excluding hydrogens is 251 g/mol. The Bertz CT molecular complexity index is 363. The number of rotatable bonds is 4. The van der Waals surface area contributed by atoms with Crippen molar-refractivity contribution in [2.24, 2.45) is 11.7 Å². The van der Waals surface area contributed by atoms with Crippen LogP contribution < -0.4 is 11.1 Å². The number of amides is 1. The maximum atomic E-state index is 11.5. The summed E-state index contributed by atoms with van der Waals surface area (Å²) in [5.74, 6) is 0.534. The second-order valence-corrected chi connectivity index (χ2v) is 4.19. The molecule has 0 aromatic carbocycles. The maximum Gasteiger partial charge on any atom is 0.287 e. The largest absolute Gasteiger partial charge is 0.440 e. The number of halogens is 2. The number of carbonyl (C=O) groups is 1. The van der Waals surface area contributed by atoms with E-state index in [1.165, 1.54) is 18.9 Å². The average molecular weight is 265 g/mol. The van der Waals surface area contributed by atoms with Crippen molar-refractivity contribution in [2.75, 3.05) is 6.54 Å². The van der Waals surface area contributed by atoms with Crippen LogP contribution in [0.3, 0.4) is 0 Å². The molecule has 0 bridgehead atoms. The molecule has 1 aromatic heterocycles. The van der Waals surface area contributed by atoms with Crippen LogP contribution in [-0.2, 0) is 0 Å². The van der Waals surface area contributed by atoms with E-state index in [0.717, 1.165) is 0 Å². The second kappa shape index (κ2) is 5.57. The minimum Gasteiger partial charge on any atom is -0.440 e. The molecule has 0 spiro atoms. The van der Waals surface area contributed by atoms with E-state index in [1.54, 1.807) is 6.07 Å². The van der Waals surface area contributed by atoms with Gasteiger partial charge in [-0.05, 0) is 42.5 Å². The highest BCUT2D eigenvalue weighted by atomic mass is 35.5. The first-order valence-electron chi connectivity index (χ1n) is 4.96. The fourth-order valence-corrected chi connectivity index (χ4v) is 1.57. The fourth-order valence-electron chi connectivity index (χ4n) is 1.43. The Morgan fingerprint density at radius 2 is 2.31 bits per heavy atom. The molecule has 1 heterocycles. The van der Waals surface area contributed by atoms with Gasteiger partial charge in [-0.3, -0.25) is 4.79 Å². The van der Waals surface area contributed by atoms with Crippen LogP contribution in [0.5, 0.6) is 0 Å². The van der Waals surface area contributed by atoms with Gasteiger partial charge in [-0.15, -0.1) is 12.4 Å². The number of nitrogens with two attached hydrogens (primary N) is 1. The van der Waals surface area contributed by atoms with Gasteiger partial charge in [0.05, 0.1) is 0 Å². The van der Waals surface area contributed by atoms with Gasteiger partial charge >= 0.3 is 0 Å². The highest BCUT2D eigenvalue weighted by molar-refractivity contribution is 6.29. The Morgan fingerprint density at radius 3 is 2.81 bits per heavy atom. The monoisotopic (exact) mass is 264 g/mol. The van der Waals surface area contributed by atoms with Gasteiger partial charge in [0.15, 0.2) is 11.0 Å². The lowest BCUT2D eigenvalue weighted by Gasteiger charge is -2.10. The Hall–Kier alpha value is -0.710. The van der Waals surface area contributed by atoms with Gasteiger partial charge in [0, 0.05) is 12.6 Å². The Labute approximate surface area is 105 Å². The van der Waals surface area contributed by atoms with E-state index in [9.17, 15) is 4.79 Å². The van der Waals surface area contributed by atoms with E-state index in [-0.39, 0.29) is 35.3 Å². The average Bonchev–Trinajstić information content (AvgIpc) is 2.97. The minimum atomic E-state index is -0.266. The van der Waals surface area contributed by atoms with E-state index in [4.69, 9.17) is 21.8 Å². The molecule has 3 N–H and O–H groups in total. The third-order valence-electron chi connectivity index (χ3n) is 2.52. The molecule has 1 unspecified atom stereocenters. The van der Waals surface area contributed by atoms with Crippen LogP contribution in [0.1, 0.15) is 23.4 Å². The molecule has 1 aliphatic rings. The second-order valence-electron chi connectivity index (χ2n) is 3.82. The van der Waals surface area contributed by atoms with Crippen LogP contribution >= 0.6 is 24.0 Å². The van der Waals surface area contributed by atoms with Crippen LogP contribution in [0.15, 0.2) is 16.5 Å². The predicted octanol–water partition coefficient (Wildman–Crippen LogP) is 1.82. The van der Waals surface area contributed by atoms with Crippen molar-refractivity contribution in [2.45, 2.75) is 18.9 Å². The van der Waals surface area contributed by atoms with Crippen LogP contribution in [0.25, 0.3) is 0 Å². The topological polar surface area (TPSA) is 68.3 Å². The van der Waals surface area contributed by atoms with Crippen molar-refractivity contribution in [3.05, 3.63) is 23.1 Å². The van der Waals surface area contributed by atoms with Crippen molar-refractivity contribution in [3.63, 3.8) is 0 Å². The summed E-state index contributed by atoms with van der Waals surface area (Å²) in [5, 5.41) is 2.93. The third kappa shape index (κ3) is 3.40. The van der Waals surface area contributed by atoms with Gasteiger partial charge in [0.1, 0.15) is 0 Å². The third-order valence-corrected chi connectivity index (χ3v) is 2.73. The summed E-state index contributed by atoms with van der Waals surface area (Å²) in [6.07, 6.45) is 2.34. The molecule has 0 saturated heterocycles. The Kier molecular flexibility index (Phi) is 4.65. The molecule has 2 rings (SSSR count). The molecule has 0 radical (unpaired) electrons. The summed E-state index contributed by atoms with van der Waals surface area (Å²) in [6, 6.07) is 3.14. The summed E-state index contributed by atoms with van der Waals surface area (Å²) < 4.78 is 4.97. The molecule has 16 heavy (non-hydrogen) atoms. The molecule has 1 saturated carbocycles. The molecule has 1 aliphatic carbocycles. The molecule has 6 heteroatoms. The van der Waals surface area contributed by atoms with Crippen LogP contribution in [0.4, 0.5) is 0 Å². The lowest BCUT2D eigenvalue weighted by atomic mass is 10.2. The summed E-state index contributed by atoms with van der Waals surface area (Å²) in [6.45, 7) is 0.488. The zero-order chi connectivity index (χ0) is 10.8. The standard InChI is InChI=1S/C10H13ClN2O2.ClH/c11-9-4-3-8(15-9)10(14)13-5-7(12)6-1-2-6;/h3-4,6-7H,1-2,5,12H2,(H,13,14);1H. The number of hydrogen-bond acceptors (Lipinski definition) is 3. The number of carbonyl (C=O) groups excluding carboxylic acids is 1. The molecule has 0 aliphatic heterocycles. The molecule has 1 amide bonds. The Morgan fingerprint density at radius 1 is 1.62 bits per heavy atom. The quantitative estimate of drug-likeness (QED) is 0.872. The van der Waals surface area contributed by atoms with E-state index in [2.05, 4.69) is 5.32 Å². The van der Waals surface area contributed by atoms with Gasteiger partial charge in [-0.25, -0.2) is 0 Å². The summed E-state index contributed by atoms with van der Waals surface area (Å²) >= 11 is 5.56. The molecular formula is C10H14Cl2N2O2. The molecule has 90 valence electrons. The number of hydrogen-bond donors (Lipinski definition) is 2. The lowest BCUT2D eigenvalue weighted by Crippen LogP contribution is -2.38. The van der Waals surface area contributed by atoms with Gasteiger partial charge < -0.3 is 15.5 Å². The number of nitrogens with one attached hydrogen (secondary N) is 1. The van der Waals surface area contributed by atoms with E-state index < -0.39 is 0 Å². The first-order valence-corrected chi connectivity index (χ1v) is 5.33. The highest BCUT2D eigenvalue weighted by Gasteiger charge is 2.28. The molecule has 1 aromatic rings.